The van der Waals surface area contributed by atoms with Gasteiger partial charge in [-0.15, -0.1) is 0 Å². The first-order valence-electron chi connectivity index (χ1n) is 13.4. The number of hydrogen-bond acceptors (Lipinski definition) is 2. The van der Waals surface area contributed by atoms with Gasteiger partial charge in [-0.3, -0.25) is 4.99 Å². The van der Waals surface area contributed by atoms with E-state index in [1.165, 1.54) is 44.5 Å². The van der Waals surface area contributed by atoms with Gasteiger partial charge in [0.2, 0.25) is 0 Å². The second-order valence-electron chi connectivity index (χ2n) is 9.96. The van der Waals surface area contributed by atoms with Crippen LogP contribution in [0.4, 0.5) is 5.69 Å². The Morgan fingerprint density at radius 2 is 1.72 bits per heavy atom. The van der Waals surface area contributed by atoms with Gasteiger partial charge in [0.15, 0.2) is 0 Å². The SMILES string of the molecule is CCCN=C1CC(CC)=C2C(=CN1)CC(c1ccc(NCc3ccc(C)cc3)cc1)c1ccccc12. The fourth-order valence-electron chi connectivity index (χ4n) is 5.38. The number of hydrogen-bond donors (Lipinski definition) is 2. The molecule has 0 saturated carbocycles. The van der Waals surface area contributed by atoms with Gasteiger partial charge in [0.05, 0.1) is 0 Å². The minimum absolute atomic E-state index is 0.344. The van der Waals surface area contributed by atoms with Gasteiger partial charge < -0.3 is 10.6 Å². The molecule has 0 radical (unpaired) electrons. The van der Waals surface area contributed by atoms with E-state index in [0.29, 0.717) is 5.92 Å². The van der Waals surface area contributed by atoms with E-state index in [1.54, 1.807) is 0 Å². The Kier molecular flexibility index (Phi) is 7.36. The lowest BCUT2D eigenvalue weighted by Crippen LogP contribution is -2.18. The predicted molar refractivity (Wildman–Crippen MR) is 153 cm³/mol. The number of aryl methyl sites for hydroxylation is 1. The number of amidine groups is 1. The van der Waals surface area contributed by atoms with E-state index in [-0.39, 0.29) is 0 Å². The highest BCUT2D eigenvalue weighted by atomic mass is 15.0. The summed E-state index contributed by atoms with van der Waals surface area (Å²) in [5, 5.41) is 7.14. The molecular weight excluding hydrogens is 438 g/mol. The number of nitrogens with zero attached hydrogens (tertiary/aromatic N) is 1. The van der Waals surface area contributed by atoms with Crippen LogP contribution in [0.1, 0.15) is 73.3 Å². The zero-order valence-electron chi connectivity index (χ0n) is 21.8. The van der Waals surface area contributed by atoms with Crippen LogP contribution in [0.3, 0.4) is 0 Å². The Labute approximate surface area is 216 Å². The summed E-state index contributed by atoms with van der Waals surface area (Å²) in [6.45, 7) is 8.30. The van der Waals surface area contributed by atoms with Crippen molar-refractivity contribution >= 4 is 17.1 Å². The Bertz CT molecular complexity index is 1290. The maximum atomic E-state index is 4.82. The summed E-state index contributed by atoms with van der Waals surface area (Å²) < 4.78 is 0. The number of anilines is 1. The van der Waals surface area contributed by atoms with Gasteiger partial charge in [-0.1, -0.05) is 85.6 Å². The quantitative estimate of drug-likeness (QED) is 0.363. The maximum Gasteiger partial charge on any atom is 0.104 e. The molecule has 2 aliphatic rings. The molecule has 0 aromatic heterocycles. The average Bonchev–Trinajstić information content (AvgIpc) is 3.10. The van der Waals surface area contributed by atoms with Crippen molar-refractivity contribution in [2.75, 3.05) is 11.9 Å². The van der Waals surface area contributed by atoms with Crippen molar-refractivity contribution in [3.05, 3.63) is 118 Å². The van der Waals surface area contributed by atoms with Crippen LogP contribution >= 0.6 is 0 Å². The van der Waals surface area contributed by atoms with E-state index in [9.17, 15) is 0 Å². The van der Waals surface area contributed by atoms with E-state index >= 15 is 0 Å². The highest BCUT2D eigenvalue weighted by Crippen LogP contribution is 2.47. The number of rotatable bonds is 7. The topological polar surface area (TPSA) is 36.4 Å². The summed E-state index contributed by atoms with van der Waals surface area (Å²) in [6.07, 6.45) is 6.25. The lowest BCUT2D eigenvalue weighted by atomic mass is 9.72. The molecule has 1 unspecified atom stereocenters. The van der Waals surface area contributed by atoms with Gasteiger partial charge in [0, 0.05) is 37.3 Å². The second kappa shape index (κ2) is 11.0. The van der Waals surface area contributed by atoms with E-state index in [1.807, 2.05) is 0 Å². The molecule has 1 atom stereocenters. The van der Waals surface area contributed by atoms with Crippen molar-refractivity contribution in [3.8, 4) is 0 Å². The van der Waals surface area contributed by atoms with Crippen LogP contribution in [0.5, 0.6) is 0 Å². The molecule has 0 saturated heterocycles. The minimum atomic E-state index is 0.344. The van der Waals surface area contributed by atoms with Gasteiger partial charge >= 0.3 is 0 Å². The van der Waals surface area contributed by atoms with Gasteiger partial charge in [-0.2, -0.15) is 0 Å². The third kappa shape index (κ3) is 5.16. The zero-order chi connectivity index (χ0) is 24.9. The smallest absolute Gasteiger partial charge is 0.104 e. The molecule has 2 N–H and O–H groups in total. The molecule has 1 aliphatic heterocycles. The summed E-state index contributed by atoms with van der Waals surface area (Å²) in [7, 11) is 0. The molecule has 0 fully saturated rings. The van der Waals surface area contributed by atoms with Crippen LogP contribution in [0, 0.1) is 6.92 Å². The summed E-state index contributed by atoms with van der Waals surface area (Å²) in [5.74, 6) is 1.44. The lowest BCUT2D eigenvalue weighted by molar-refractivity contribution is 0.786. The highest BCUT2D eigenvalue weighted by molar-refractivity contribution is 5.94. The zero-order valence-corrected chi connectivity index (χ0v) is 21.8. The fourth-order valence-corrected chi connectivity index (χ4v) is 5.38. The van der Waals surface area contributed by atoms with Crippen molar-refractivity contribution in [2.24, 2.45) is 4.99 Å². The fraction of sp³-hybridized carbons (Fsp3) is 0.303. The Hall–Kier alpha value is -3.59. The normalized spacial score (nSPS) is 18.1. The van der Waals surface area contributed by atoms with Crippen LogP contribution in [-0.2, 0) is 6.54 Å². The molecular formula is C33H37N3. The molecule has 36 heavy (non-hydrogen) atoms. The third-order valence-corrected chi connectivity index (χ3v) is 7.38. The first kappa shape index (κ1) is 24.1. The van der Waals surface area contributed by atoms with Gasteiger partial charge in [-0.25, -0.2) is 0 Å². The van der Waals surface area contributed by atoms with E-state index < -0.39 is 0 Å². The summed E-state index contributed by atoms with van der Waals surface area (Å²) in [5.41, 5.74) is 12.3. The van der Waals surface area contributed by atoms with Crippen molar-refractivity contribution in [2.45, 2.75) is 58.9 Å². The number of benzene rings is 3. The molecule has 3 aromatic carbocycles. The maximum absolute atomic E-state index is 4.82. The van der Waals surface area contributed by atoms with Gasteiger partial charge in [0.1, 0.15) is 5.84 Å². The third-order valence-electron chi connectivity index (χ3n) is 7.38. The van der Waals surface area contributed by atoms with Gasteiger partial charge in [0.25, 0.3) is 0 Å². The molecule has 184 valence electrons. The van der Waals surface area contributed by atoms with Crippen LogP contribution in [0.15, 0.2) is 95.1 Å². The molecule has 1 heterocycles. The standard InChI is InChI=1S/C33H37N3/c1-4-18-34-32-20-25(5-2)33-27(22-36-32)19-31(29-8-6-7-9-30(29)33)26-14-16-28(17-15-26)35-21-24-12-10-23(3)11-13-24/h6-17,22,31,35H,4-5,18-21H2,1-3H3,(H,34,36). The minimum Gasteiger partial charge on any atom is -0.381 e. The molecule has 0 bridgehead atoms. The van der Waals surface area contributed by atoms with Crippen LogP contribution in [-0.4, -0.2) is 12.4 Å². The molecule has 3 aromatic rings. The Balaban J connectivity index is 1.43. The molecule has 3 nitrogen and oxygen atoms in total. The second-order valence-corrected chi connectivity index (χ2v) is 9.96. The molecule has 1 aliphatic carbocycles. The number of fused-ring (bicyclic) bond motifs is 3. The predicted octanol–water partition coefficient (Wildman–Crippen LogP) is 7.99. The molecule has 0 amide bonds. The Morgan fingerprint density at radius 1 is 0.944 bits per heavy atom. The number of aliphatic imine (C=N–C) groups is 1. The highest BCUT2D eigenvalue weighted by Gasteiger charge is 2.30. The Morgan fingerprint density at radius 3 is 2.47 bits per heavy atom. The first-order valence-corrected chi connectivity index (χ1v) is 13.4. The van der Waals surface area contributed by atoms with Crippen molar-refractivity contribution < 1.29 is 0 Å². The lowest BCUT2D eigenvalue weighted by Gasteiger charge is -2.31. The van der Waals surface area contributed by atoms with E-state index in [4.69, 9.17) is 4.99 Å². The summed E-state index contributed by atoms with van der Waals surface area (Å²) in [6, 6.07) is 26.8. The molecule has 0 spiro atoms. The largest absolute Gasteiger partial charge is 0.381 e. The average molecular weight is 476 g/mol. The van der Waals surface area contributed by atoms with Crippen LogP contribution < -0.4 is 10.6 Å². The first-order chi connectivity index (χ1) is 17.7. The molecule has 5 rings (SSSR count). The van der Waals surface area contributed by atoms with E-state index in [2.05, 4.69) is 110 Å². The van der Waals surface area contributed by atoms with E-state index in [0.717, 1.165) is 50.3 Å². The van der Waals surface area contributed by atoms with Crippen LogP contribution in [0.2, 0.25) is 0 Å². The van der Waals surface area contributed by atoms with Crippen molar-refractivity contribution in [1.29, 1.82) is 0 Å². The number of allylic oxidation sites excluding steroid dienone is 2. The summed E-state index contributed by atoms with van der Waals surface area (Å²) in [4.78, 5) is 4.82. The van der Waals surface area contributed by atoms with Crippen molar-refractivity contribution in [3.63, 3.8) is 0 Å². The van der Waals surface area contributed by atoms with Crippen molar-refractivity contribution in [1.82, 2.24) is 5.32 Å². The monoisotopic (exact) mass is 475 g/mol. The number of nitrogens with one attached hydrogen (secondary N) is 2. The van der Waals surface area contributed by atoms with Gasteiger partial charge in [-0.05, 0) is 71.7 Å². The summed E-state index contributed by atoms with van der Waals surface area (Å²) >= 11 is 0. The molecule has 3 heteroatoms. The van der Waals surface area contributed by atoms with Crippen LogP contribution in [0.25, 0.3) is 5.57 Å².